The Hall–Kier alpha value is -2.38. The maximum atomic E-state index is 12.7. The fourth-order valence-electron chi connectivity index (χ4n) is 3.39. The molecule has 3 heterocycles. The molecule has 1 fully saturated rings. The third-order valence-corrected chi connectivity index (χ3v) is 6.18. The first kappa shape index (κ1) is 19.0. The highest BCUT2D eigenvalue weighted by Gasteiger charge is 2.30. The smallest absolute Gasteiger partial charge is 0.265 e. The van der Waals surface area contributed by atoms with Crippen molar-refractivity contribution in [2.24, 2.45) is 0 Å². The molecule has 0 radical (unpaired) electrons. The molecule has 0 aliphatic carbocycles. The van der Waals surface area contributed by atoms with Gasteiger partial charge in [-0.3, -0.25) is 9.89 Å². The number of amides is 1. The summed E-state index contributed by atoms with van der Waals surface area (Å²) in [6, 6.07) is 9.52. The molecule has 0 bridgehead atoms. The Morgan fingerprint density at radius 2 is 2.29 bits per heavy atom. The Bertz CT molecular complexity index is 971. The molecule has 8 heteroatoms. The highest BCUT2D eigenvalue weighted by molar-refractivity contribution is 7.11. The molecule has 1 aliphatic rings. The number of nitrogens with zero attached hydrogens (tertiary/aromatic N) is 3. The standard InChI is InChI=1S/C20H21ClN4O2S/c1-13-19(28-12-22-13)20(26)25-8-6-14(11-25)17-10-15(23-24-17)7-9-27-18-5-3-2-4-16(18)21/h2-5,10,12,14H,6-9,11H2,1H3,(H,23,24). The summed E-state index contributed by atoms with van der Waals surface area (Å²) < 4.78 is 5.74. The number of carbonyl (C=O) groups excluding carboxylic acids is 1. The van der Waals surface area contributed by atoms with E-state index in [1.54, 1.807) is 5.51 Å². The topological polar surface area (TPSA) is 71.1 Å². The van der Waals surface area contributed by atoms with E-state index >= 15 is 0 Å². The summed E-state index contributed by atoms with van der Waals surface area (Å²) in [7, 11) is 0. The minimum Gasteiger partial charge on any atom is -0.492 e. The molecule has 1 aromatic carbocycles. The van der Waals surface area contributed by atoms with Crippen molar-refractivity contribution in [1.82, 2.24) is 20.1 Å². The number of likely N-dealkylation sites (tertiary alicyclic amines) is 1. The molecule has 1 amide bonds. The predicted molar refractivity (Wildman–Crippen MR) is 109 cm³/mol. The van der Waals surface area contributed by atoms with Crippen LogP contribution in [0.4, 0.5) is 0 Å². The SMILES string of the molecule is Cc1ncsc1C(=O)N1CCC(c2cc(CCOc3ccccc3Cl)[nH]n2)C1. The number of carbonyl (C=O) groups is 1. The van der Waals surface area contributed by atoms with E-state index in [1.807, 2.05) is 36.1 Å². The summed E-state index contributed by atoms with van der Waals surface area (Å²) >= 11 is 7.51. The van der Waals surface area contributed by atoms with Gasteiger partial charge in [-0.25, -0.2) is 4.98 Å². The lowest BCUT2D eigenvalue weighted by Gasteiger charge is -2.15. The molecule has 1 saturated heterocycles. The van der Waals surface area contributed by atoms with Gasteiger partial charge in [-0.1, -0.05) is 23.7 Å². The lowest BCUT2D eigenvalue weighted by atomic mass is 10.0. The third kappa shape index (κ3) is 4.05. The minimum absolute atomic E-state index is 0.0754. The van der Waals surface area contributed by atoms with Crippen molar-refractivity contribution in [3.05, 3.63) is 62.8 Å². The molecule has 146 valence electrons. The number of halogens is 1. The summed E-state index contributed by atoms with van der Waals surface area (Å²) in [5, 5.41) is 8.16. The zero-order valence-electron chi connectivity index (χ0n) is 15.5. The van der Waals surface area contributed by atoms with Gasteiger partial charge in [-0.15, -0.1) is 11.3 Å². The van der Waals surface area contributed by atoms with Crippen LogP contribution in [0, 0.1) is 6.92 Å². The zero-order valence-corrected chi connectivity index (χ0v) is 17.1. The van der Waals surface area contributed by atoms with Crippen molar-refractivity contribution in [2.75, 3.05) is 19.7 Å². The molecule has 1 aliphatic heterocycles. The fourth-order valence-corrected chi connectivity index (χ4v) is 4.35. The first-order valence-corrected chi connectivity index (χ1v) is 10.5. The van der Waals surface area contributed by atoms with Crippen molar-refractivity contribution in [1.29, 1.82) is 0 Å². The Morgan fingerprint density at radius 1 is 1.43 bits per heavy atom. The Kier molecular flexibility index (Phi) is 5.64. The number of aromatic nitrogens is 3. The van der Waals surface area contributed by atoms with Gasteiger partial charge in [-0.2, -0.15) is 5.10 Å². The lowest BCUT2D eigenvalue weighted by Crippen LogP contribution is -2.28. The highest BCUT2D eigenvalue weighted by atomic mass is 35.5. The molecule has 28 heavy (non-hydrogen) atoms. The van der Waals surface area contributed by atoms with Gasteiger partial charge in [0.25, 0.3) is 5.91 Å². The van der Waals surface area contributed by atoms with Crippen molar-refractivity contribution < 1.29 is 9.53 Å². The lowest BCUT2D eigenvalue weighted by molar-refractivity contribution is 0.0794. The van der Waals surface area contributed by atoms with Gasteiger partial charge >= 0.3 is 0 Å². The second-order valence-electron chi connectivity index (χ2n) is 6.85. The normalized spacial score (nSPS) is 16.5. The Labute approximate surface area is 172 Å². The van der Waals surface area contributed by atoms with Gasteiger partial charge in [-0.05, 0) is 31.5 Å². The monoisotopic (exact) mass is 416 g/mol. The van der Waals surface area contributed by atoms with Crippen molar-refractivity contribution in [3.63, 3.8) is 0 Å². The number of hydrogen-bond donors (Lipinski definition) is 1. The van der Waals surface area contributed by atoms with E-state index < -0.39 is 0 Å². The van der Waals surface area contributed by atoms with Crippen LogP contribution >= 0.6 is 22.9 Å². The van der Waals surface area contributed by atoms with E-state index in [2.05, 4.69) is 21.2 Å². The van der Waals surface area contributed by atoms with E-state index in [1.165, 1.54) is 11.3 Å². The second-order valence-corrected chi connectivity index (χ2v) is 8.11. The molecule has 6 nitrogen and oxygen atoms in total. The summed E-state index contributed by atoms with van der Waals surface area (Å²) in [6.07, 6.45) is 1.64. The number of H-pyrrole nitrogens is 1. The van der Waals surface area contributed by atoms with E-state index in [0.29, 0.717) is 30.3 Å². The van der Waals surface area contributed by atoms with Gasteiger partial charge in [0.1, 0.15) is 10.6 Å². The number of benzene rings is 1. The van der Waals surface area contributed by atoms with Crippen LogP contribution in [-0.2, 0) is 6.42 Å². The number of rotatable bonds is 6. The molecule has 3 aromatic rings. The molecule has 4 rings (SSSR count). The Balaban J connectivity index is 1.31. The number of para-hydroxylation sites is 1. The van der Waals surface area contributed by atoms with Crippen molar-refractivity contribution in [3.8, 4) is 5.75 Å². The van der Waals surface area contributed by atoms with Crippen LogP contribution in [0.1, 0.15) is 39.1 Å². The molecular weight excluding hydrogens is 396 g/mol. The second kappa shape index (κ2) is 8.32. The van der Waals surface area contributed by atoms with Crippen LogP contribution in [0.2, 0.25) is 5.02 Å². The van der Waals surface area contributed by atoms with Crippen LogP contribution in [0.15, 0.2) is 35.8 Å². The van der Waals surface area contributed by atoms with E-state index in [0.717, 1.165) is 34.9 Å². The fraction of sp³-hybridized carbons (Fsp3) is 0.350. The molecular formula is C20H21ClN4O2S. The molecule has 2 aromatic heterocycles. The van der Waals surface area contributed by atoms with Crippen LogP contribution in [-0.4, -0.2) is 45.7 Å². The average Bonchev–Trinajstić information content (AvgIpc) is 3.43. The summed E-state index contributed by atoms with van der Waals surface area (Å²) in [5.74, 6) is 1.02. The van der Waals surface area contributed by atoms with Crippen LogP contribution in [0.25, 0.3) is 0 Å². The molecule has 0 saturated carbocycles. The number of ether oxygens (including phenoxy) is 1. The Morgan fingerprint density at radius 3 is 3.07 bits per heavy atom. The maximum Gasteiger partial charge on any atom is 0.265 e. The minimum atomic E-state index is 0.0754. The van der Waals surface area contributed by atoms with Crippen LogP contribution in [0.5, 0.6) is 5.75 Å². The van der Waals surface area contributed by atoms with Gasteiger partial charge in [0.2, 0.25) is 0 Å². The molecule has 1 atom stereocenters. The number of aryl methyl sites for hydroxylation is 1. The summed E-state index contributed by atoms with van der Waals surface area (Å²) in [5.41, 5.74) is 4.55. The first-order valence-electron chi connectivity index (χ1n) is 9.22. The van der Waals surface area contributed by atoms with Crippen LogP contribution in [0.3, 0.4) is 0 Å². The third-order valence-electron chi connectivity index (χ3n) is 4.95. The number of thiazole rings is 1. The van der Waals surface area contributed by atoms with E-state index in [4.69, 9.17) is 16.3 Å². The first-order chi connectivity index (χ1) is 13.6. The average molecular weight is 417 g/mol. The summed E-state index contributed by atoms with van der Waals surface area (Å²) in [6.45, 7) is 3.84. The van der Waals surface area contributed by atoms with E-state index in [-0.39, 0.29) is 11.8 Å². The van der Waals surface area contributed by atoms with Gasteiger partial charge < -0.3 is 9.64 Å². The van der Waals surface area contributed by atoms with Gasteiger partial charge in [0.15, 0.2) is 0 Å². The predicted octanol–water partition coefficient (Wildman–Crippen LogP) is 4.08. The van der Waals surface area contributed by atoms with Gasteiger partial charge in [0.05, 0.1) is 28.5 Å². The van der Waals surface area contributed by atoms with Crippen LogP contribution < -0.4 is 4.74 Å². The number of nitrogens with one attached hydrogen (secondary N) is 1. The molecule has 0 spiro atoms. The van der Waals surface area contributed by atoms with E-state index in [9.17, 15) is 4.79 Å². The zero-order chi connectivity index (χ0) is 19.5. The number of hydrogen-bond acceptors (Lipinski definition) is 5. The van der Waals surface area contributed by atoms with Crippen molar-refractivity contribution in [2.45, 2.75) is 25.7 Å². The quantitative estimate of drug-likeness (QED) is 0.657. The summed E-state index contributed by atoms with van der Waals surface area (Å²) in [4.78, 5) is 19.5. The number of aromatic amines is 1. The van der Waals surface area contributed by atoms with Crippen molar-refractivity contribution >= 4 is 28.8 Å². The molecule has 1 N–H and O–H groups in total. The highest BCUT2D eigenvalue weighted by Crippen LogP contribution is 2.29. The van der Waals surface area contributed by atoms with Gasteiger partial charge in [0, 0.05) is 31.1 Å². The maximum absolute atomic E-state index is 12.7. The molecule has 1 unspecified atom stereocenters. The largest absolute Gasteiger partial charge is 0.492 e.